The molecule has 1 atom stereocenters. The molecule has 1 fully saturated rings. The number of hydrogen-bond acceptors (Lipinski definition) is 6. The Hall–Kier alpha value is -4.82. The van der Waals surface area contributed by atoms with E-state index in [0.717, 1.165) is 66.1 Å². The Bertz CT molecular complexity index is 1660. The van der Waals surface area contributed by atoms with Gasteiger partial charge in [-0.1, -0.05) is 54.6 Å². The summed E-state index contributed by atoms with van der Waals surface area (Å²) < 4.78 is 16.5. The van der Waals surface area contributed by atoms with E-state index < -0.39 is 0 Å². The van der Waals surface area contributed by atoms with Gasteiger partial charge in [-0.2, -0.15) is 0 Å². The maximum Gasteiger partial charge on any atom is 0.410 e. The fourth-order valence-corrected chi connectivity index (χ4v) is 6.30. The lowest BCUT2D eigenvalue weighted by molar-refractivity contribution is 0.0918. The zero-order chi connectivity index (χ0) is 31.2. The second-order valence-corrected chi connectivity index (χ2v) is 11.6. The number of hydrogen-bond donors (Lipinski definition) is 1. The molecule has 0 aliphatic carbocycles. The summed E-state index contributed by atoms with van der Waals surface area (Å²) in [6.07, 6.45) is 2.55. The monoisotopic (exact) mass is 605 g/mol. The van der Waals surface area contributed by atoms with Crippen LogP contribution in [-0.4, -0.2) is 49.1 Å². The normalized spacial score (nSPS) is 16.1. The lowest BCUT2D eigenvalue weighted by atomic mass is 9.99. The summed E-state index contributed by atoms with van der Waals surface area (Å²) in [5, 5.41) is 3.08. The largest absolute Gasteiger partial charge is 0.493 e. The molecule has 1 saturated heterocycles. The number of fused-ring (bicyclic) bond motifs is 1. The number of nitrogens with one attached hydrogen (secondary N) is 1. The third-order valence-electron chi connectivity index (χ3n) is 8.67. The van der Waals surface area contributed by atoms with E-state index in [1.54, 1.807) is 19.1 Å². The predicted molar refractivity (Wildman–Crippen MR) is 174 cm³/mol. The number of likely N-dealkylation sites (tertiary alicyclic amines) is 1. The Labute approximate surface area is 264 Å². The standard InChI is InChI=1S/C37H39N3O5/c1-43-34-16-13-27(20-35(34)44-2)23-39-18-7-12-33(39)29-10-6-11-30(21-29)36(41)38-32-15-14-28-17-19-40(24-31(28)22-32)37(42)45-25-26-8-4-3-5-9-26/h3-6,8-11,13-16,20-22,33H,7,12,17-19,23-25H2,1-2H3,(H,38,41). The molecule has 0 spiro atoms. The minimum Gasteiger partial charge on any atom is -0.493 e. The summed E-state index contributed by atoms with van der Waals surface area (Å²) in [5.41, 5.74) is 6.77. The maximum absolute atomic E-state index is 13.4. The minimum absolute atomic E-state index is 0.156. The average Bonchev–Trinajstić information content (AvgIpc) is 3.55. The van der Waals surface area contributed by atoms with Crippen LogP contribution in [0.2, 0.25) is 0 Å². The highest BCUT2D eigenvalue weighted by Crippen LogP contribution is 2.35. The highest BCUT2D eigenvalue weighted by molar-refractivity contribution is 6.04. The first-order valence-corrected chi connectivity index (χ1v) is 15.4. The molecule has 2 amide bonds. The number of anilines is 1. The van der Waals surface area contributed by atoms with Crippen molar-refractivity contribution in [1.29, 1.82) is 0 Å². The molecular weight excluding hydrogens is 566 g/mol. The van der Waals surface area contributed by atoms with Gasteiger partial charge in [0, 0.05) is 36.9 Å². The van der Waals surface area contributed by atoms with Crippen molar-refractivity contribution >= 4 is 17.7 Å². The van der Waals surface area contributed by atoms with Crippen molar-refractivity contribution in [3.05, 3.63) is 124 Å². The molecule has 8 nitrogen and oxygen atoms in total. The van der Waals surface area contributed by atoms with Crippen LogP contribution in [0.25, 0.3) is 0 Å². The van der Waals surface area contributed by atoms with E-state index in [4.69, 9.17) is 14.2 Å². The Kier molecular flexibility index (Phi) is 9.31. The second-order valence-electron chi connectivity index (χ2n) is 11.6. The van der Waals surface area contributed by atoms with Gasteiger partial charge in [0.15, 0.2) is 11.5 Å². The van der Waals surface area contributed by atoms with Crippen LogP contribution < -0.4 is 14.8 Å². The molecular formula is C37H39N3O5. The van der Waals surface area contributed by atoms with Gasteiger partial charge in [-0.15, -0.1) is 0 Å². The number of carbonyl (C=O) groups excluding carboxylic acids is 2. The highest BCUT2D eigenvalue weighted by Gasteiger charge is 2.27. The molecule has 0 aromatic heterocycles. The summed E-state index contributed by atoms with van der Waals surface area (Å²) in [7, 11) is 3.29. The van der Waals surface area contributed by atoms with E-state index >= 15 is 0 Å². The lowest BCUT2D eigenvalue weighted by Crippen LogP contribution is -2.36. The van der Waals surface area contributed by atoms with Crippen LogP contribution in [0.1, 0.15) is 57.1 Å². The number of amides is 2. The third kappa shape index (κ3) is 7.13. The van der Waals surface area contributed by atoms with Gasteiger partial charge in [0.05, 0.1) is 14.2 Å². The van der Waals surface area contributed by atoms with E-state index in [0.29, 0.717) is 24.3 Å². The van der Waals surface area contributed by atoms with Gasteiger partial charge in [-0.05, 0) is 90.0 Å². The smallest absolute Gasteiger partial charge is 0.410 e. The quantitative estimate of drug-likeness (QED) is 0.222. The maximum atomic E-state index is 13.4. The highest BCUT2D eigenvalue weighted by atomic mass is 16.6. The molecule has 232 valence electrons. The van der Waals surface area contributed by atoms with Crippen molar-refractivity contribution in [2.75, 3.05) is 32.6 Å². The van der Waals surface area contributed by atoms with Crippen molar-refractivity contribution < 1.29 is 23.8 Å². The molecule has 2 aliphatic heterocycles. The number of carbonyl (C=O) groups is 2. The van der Waals surface area contributed by atoms with Gasteiger partial charge in [-0.25, -0.2) is 4.79 Å². The summed E-state index contributed by atoms with van der Waals surface area (Å²) in [5.74, 6) is 1.29. The first kappa shape index (κ1) is 30.2. The van der Waals surface area contributed by atoms with Gasteiger partial charge in [0.25, 0.3) is 5.91 Å². The molecule has 6 rings (SSSR count). The molecule has 0 bridgehead atoms. The van der Waals surface area contributed by atoms with Crippen molar-refractivity contribution in [2.24, 2.45) is 0 Å². The van der Waals surface area contributed by atoms with Gasteiger partial charge in [0.2, 0.25) is 0 Å². The summed E-state index contributed by atoms with van der Waals surface area (Å²) >= 11 is 0. The fraction of sp³-hybridized carbons (Fsp3) is 0.297. The summed E-state index contributed by atoms with van der Waals surface area (Å²) in [6, 6.07) is 29.8. The van der Waals surface area contributed by atoms with Crippen LogP contribution in [0.4, 0.5) is 10.5 Å². The van der Waals surface area contributed by atoms with Crippen molar-refractivity contribution in [1.82, 2.24) is 9.80 Å². The molecule has 45 heavy (non-hydrogen) atoms. The minimum atomic E-state index is -0.331. The van der Waals surface area contributed by atoms with Gasteiger partial charge < -0.3 is 24.4 Å². The van der Waals surface area contributed by atoms with Crippen molar-refractivity contribution in [3.63, 3.8) is 0 Å². The molecule has 1 unspecified atom stereocenters. The Balaban J connectivity index is 1.09. The zero-order valence-electron chi connectivity index (χ0n) is 25.8. The van der Waals surface area contributed by atoms with E-state index in [1.807, 2.05) is 78.9 Å². The number of rotatable bonds is 9. The van der Waals surface area contributed by atoms with Crippen LogP contribution in [0.15, 0.2) is 91.0 Å². The molecule has 2 heterocycles. The van der Waals surface area contributed by atoms with Crippen LogP contribution >= 0.6 is 0 Å². The fourth-order valence-electron chi connectivity index (χ4n) is 6.30. The molecule has 4 aromatic carbocycles. The second kappa shape index (κ2) is 13.9. The molecule has 2 aliphatic rings. The first-order valence-electron chi connectivity index (χ1n) is 15.4. The van der Waals surface area contributed by atoms with E-state index in [9.17, 15) is 9.59 Å². The number of benzene rings is 4. The molecule has 1 N–H and O–H groups in total. The van der Waals surface area contributed by atoms with E-state index in [-0.39, 0.29) is 24.6 Å². The van der Waals surface area contributed by atoms with Gasteiger partial charge in [0.1, 0.15) is 6.61 Å². The SMILES string of the molecule is COc1ccc(CN2CCCC2c2cccc(C(=O)Nc3ccc4c(c3)CN(C(=O)OCc3ccccc3)CC4)c2)cc1OC. The topological polar surface area (TPSA) is 80.3 Å². The average molecular weight is 606 g/mol. The Morgan fingerprint density at radius 3 is 2.49 bits per heavy atom. The van der Waals surface area contributed by atoms with Crippen LogP contribution in [0.3, 0.4) is 0 Å². The number of methoxy groups -OCH3 is 2. The molecule has 0 radical (unpaired) electrons. The molecule has 8 heteroatoms. The number of nitrogens with zero attached hydrogens (tertiary/aromatic N) is 2. The van der Waals surface area contributed by atoms with Crippen molar-refractivity contribution in [2.45, 2.75) is 45.0 Å². The summed E-state index contributed by atoms with van der Waals surface area (Å²) in [6.45, 7) is 3.06. The van der Waals surface area contributed by atoms with E-state index in [1.165, 1.54) is 5.56 Å². The van der Waals surface area contributed by atoms with Crippen LogP contribution in [0, 0.1) is 0 Å². The first-order chi connectivity index (χ1) is 22.0. The third-order valence-corrected chi connectivity index (χ3v) is 8.67. The number of ether oxygens (including phenoxy) is 3. The van der Waals surface area contributed by atoms with Crippen molar-refractivity contribution in [3.8, 4) is 11.5 Å². The van der Waals surface area contributed by atoms with Crippen LogP contribution in [0.5, 0.6) is 11.5 Å². The predicted octanol–water partition coefficient (Wildman–Crippen LogP) is 6.99. The Morgan fingerprint density at radius 1 is 0.822 bits per heavy atom. The summed E-state index contributed by atoms with van der Waals surface area (Å²) in [4.78, 5) is 30.4. The van der Waals surface area contributed by atoms with Gasteiger partial charge >= 0.3 is 6.09 Å². The molecule has 4 aromatic rings. The van der Waals surface area contributed by atoms with Crippen LogP contribution in [-0.2, 0) is 30.9 Å². The lowest BCUT2D eigenvalue weighted by Gasteiger charge is -2.28. The molecule has 0 saturated carbocycles. The van der Waals surface area contributed by atoms with E-state index in [2.05, 4.69) is 22.3 Å². The Morgan fingerprint density at radius 2 is 1.67 bits per heavy atom. The van der Waals surface area contributed by atoms with Gasteiger partial charge in [-0.3, -0.25) is 9.69 Å². The zero-order valence-corrected chi connectivity index (χ0v) is 25.8.